The Morgan fingerprint density at radius 3 is 2.56 bits per heavy atom. The lowest BCUT2D eigenvalue weighted by atomic mass is 10.2. The molecule has 16 heavy (non-hydrogen) atoms. The van der Waals surface area contributed by atoms with Crippen molar-refractivity contribution in [2.75, 3.05) is 0 Å². The number of aryl methyl sites for hydroxylation is 1. The molecule has 6 heteroatoms. The topological polar surface area (TPSA) is 78.0 Å². The summed E-state index contributed by atoms with van der Waals surface area (Å²) in [5.74, 6) is 0.963. The second kappa shape index (κ2) is 4.97. The standard InChI is InChI=1S/C10H19N3O2S/c1-4-5-6-13-7-9(16(11,14)15)12-10(13)8(2)3/h7-8H,4-6H2,1-3H3,(H2,11,14,15). The minimum atomic E-state index is -3.69. The zero-order valence-corrected chi connectivity index (χ0v) is 10.8. The highest BCUT2D eigenvalue weighted by Gasteiger charge is 2.17. The van der Waals surface area contributed by atoms with Crippen LogP contribution in [0, 0.1) is 0 Å². The van der Waals surface area contributed by atoms with Crippen molar-refractivity contribution in [3.8, 4) is 0 Å². The van der Waals surface area contributed by atoms with Gasteiger partial charge in [-0.05, 0) is 6.42 Å². The number of hydrogen-bond donors (Lipinski definition) is 1. The van der Waals surface area contributed by atoms with Crippen molar-refractivity contribution in [2.45, 2.75) is 51.1 Å². The largest absolute Gasteiger partial charge is 0.333 e. The van der Waals surface area contributed by atoms with Crippen LogP contribution in [0.4, 0.5) is 0 Å². The summed E-state index contributed by atoms with van der Waals surface area (Å²) in [4.78, 5) is 4.08. The van der Waals surface area contributed by atoms with E-state index in [1.807, 2.05) is 18.4 Å². The minimum absolute atomic E-state index is 0.0349. The van der Waals surface area contributed by atoms with Gasteiger partial charge >= 0.3 is 0 Å². The third kappa shape index (κ3) is 3.05. The zero-order valence-electron chi connectivity index (χ0n) is 9.97. The molecule has 0 fully saturated rings. The Labute approximate surface area is 96.7 Å². The van der Waals surface area contributed by atoms with Crippen LogP contribution in [0.2, 0.25) is 0 Å². The first-order valence-corrected chi connectivity index (χ1v) is 7.00. The fourth-order valence-corrected chi connectivity index (χ4v) is 2.01. The van der Waals surface area contributed by atoms with Crippen LogP contribution in [0.5, 0.6) is 0 Å². The maximum Gasteiger partial charge on any atom is 0.257 e. The lowest BCUT2D eigenvalue weighted by molar-refractivity contribution is 0.582. The Morgan fingerprint density at radius 2 is 2.12 bits per heavy atom. The van der Waals surface area contributed by atoms with Crippen molar-refractivity contribution < 1.29 is 8.42 Å². The summed E-state index contributed by atoms with van der Waals surface area (Å²) in [6, 6.07) is 0. The smallest absolute Gasteiger partial charge is 0.257 e. The number of hydrogen-bond acceptors (Lipinski definition) is 3. The van der Waals surface area contributed by atoms with Crippen LogP contribution in [0.1, 0.15) is 45.4 Å². The van der Waals surface area contributed by atoms with Gasteiger partial charge in [-0.1, -0.05) is 27.2 Å². The second-order valence-electron chi connectivity index (χ2n) is 4.18. The van der Waals surface area contributed by atoms with Crippen LogP contribution in [0.15, 0.2) is 11.2 Å². The molecule has 0 bridgehead atoms. The van der Waals surface area contributed by atoms with E-state index in [0.29, 0.717) is 0 Å². The van der Waals surface area contributed by atoms with Gasteiger partial charge in [-0.25, -0.2) is 18.5 Å². The van der Waals surface area contributed by atoms with E-state index in [9.17, 15) is 8.42 Å². The maximum atomic E-state index is 11.2. The molecule has 5 nitrogen and oxygen atoms in total. The number of nitrogens with zero attached hydrogens (tertiary/aromatic N) is 2. The second-order valence-corrected chi connectivity index (χ2v) is 5.69. The predicted molar refractivity (Wildman–Crippen MR) is 62.6 cm³/mol. The van der Waals surface area contributed by atoms with E-state index in [2.05, 4.69) is 11.9 Å². The molecule has 0 spiro atoms. The highest BCUT2D eigenvalue weighted by molar-refractivity contribution is 7.89. The van der Waals surface area contributed by atoms with E-state index in [1.165, 1.54) is 6.20 Å². The molecular formula is C10H19N3O2S. The number of nitrogens with two attached hydrogens (primary N) is 1. The first kappa shape index (κ1) is 13.2. The molecule has 0 aliphatic carbocycles. The van der Waals surface area contributed by atoms with E-state index < -0.39 is 10.0 Å². The molecule has 2 N–H and O–H groups in total. The van der Waals surface area contributed by atoms with Crippen LogP contribution < -0.4 is 5.14 Å². The fourth-order valence-electron chi connectivity index (χ4n) is 1.51. The number of sulfonamides is 1. The normalized spacial score (nSPS) is 12.3. The van der Waals surface area contributed by atoms with Crippen molar-refractivity contribution in [3.63, 3.8) is 0 Å². The molecule has 0 aromatic carbocycles. The minimum Gasteiger partial charge on any atom is -0.333 e. The number of imidazole rings is 1. The molecule has 0 saturated heterocycles. The van der Waals surface area contributed by atoms with Crippen molar-refractivity contribution in [1.29, 1.82) is 0 Å². The SMILES string of the molecule is CCCCn1cc(S(N)(=O)=O)nc1C(C)C. The zero-order chi connectivity index (χ0) is 12.3. The van der Waals surface area contributed by atoms with Crippen LogP contribution in [0.25, 0.3) is 0 Å². The summed E-state index contributed by atoms with van der Waals surface area (Å²) in [5.41, 5.74) is 0. The Hall–Kier alpha value is -0.880. The fraction of sp³-hybridized carbons (Fsp3) is 0.700. The summed E-state index contributed by atoms with van der Waals surface area (Å²) in [6.45, 7) is 6.84. The average molecular weight is 245 g/mol. The van der Waals surface area contributed by atoms with E-state index in [0.717, 1.165) is 25.2 Å². The van der Waals surface area contributed by atoms with Crippen LogP contribution >= 0.6 is 0 Å². The molecule has 0 amide bonds. The number of primary sulfonamides is 1. The Bertz CT molecular complexity index is 449. The molecule has 1 heterocycles. The monoisotopic (exact) mass is 245 g/mol. The van der Waals surface area contributed by atoms with Gasteiger partial charge < -0.3 is 4.57 Å². The summed E-state index contributed by atoms with van der Waals surface area (Å²) in [5, 5.41) is 5.03. The quantitative estimate of drug-likeness (QED) is 0.853. The average Bonchev–Trinajstić information content (AvgIpc) is 2.57. The van der Waals surface area contributed by atoms with Crippen LogP contribution in [0.3, 0.4) is 0 Å². The molecule has 1 rings (SSSR count). The summed E-state index contributed by atoms with van der Waals surface area (Å²) >= 11 is 0. The summed E-state index contributed by atoms with van der Waals surface area (Å²) in [7, 11) is -3.69. The predicted octanol–water partition coefficient (Wildman–Crippen LogP) is 1.45. The lowest BCUT2D eigenvalue weighted by Gasteiger charge is -2.08. The van der Waals surface area contributed by atoms with Crippen LogP contribution in [-0.4, -0.2) is 18.0 Å². The molecule has 0 aliphatic heterocycles. The van der Waals surface area contributed by atoms with E-state index in [-0.39, 0.29) is 10.9 Å². The van der Waals surface area contributed by atoms with Gasteiger partial charge in [0.25, 0.3) is 10.0 Å². The number of aromatic nitrogens is 2. The third-order valence-corrected chi connectivity index (χ3v) is 3.13. The third-order valence-electron chi connectivity index (χ3n) is 2.35. The molecule has 92 valence electrons. The Balaban J connectivity index is 3.10. The molecule has 0 aliphatic rings. The van der Waals surface area contributed by atoms with Crippen molar-refractivity contribution in [1.82, 2.24) is 9.55 Å². The van der Waals surface area contributed by atoms with E-state index in [4.69, 9.17) is 5.14 Å². The molecular weight excluding hydrogens is 226 g/mol. The number of unbranched alkanes of at least 4 members (excludes halogenated alkanes) is 1. The first-order chi connectivity index (χ1) is 7.36. The lowest BCUT2D eigenvalue weighted by Crippen LogP contribution is -2.12. The summed E-state index contributed by atoms with van der Waals surface area (Å²) < 4.78 is 24.3. The van der Waals surface area contributed by atoms with Gasteiger partial charge in [0.2, 0.25) is 0 Å². The van der Waals surface area contributed by atoms with Gasteiger partial charge in [0.15, 0.2) is 5.03 Å². The van der Waals surface area contributed by atoms with Gasteiger partial charge in [0, 0.05) is 18.7 Å². The molecule has 0 unspecified atom stereocenters. The van der Waals surface area contributed by atoms with E-state index >= 15 is 0 Å². The Morgan fingerprint density at radius 1 is 1.50 bits per heavy atom. The summed E-state index contributed by atoms with van der Waals surface area (Å²) in [6.07, 6.45) is 3.58. The molecule has 1 aromatic heterocycles. The van der Waals surface area contributed by atoms with Gasteiger partial charge in [0.05, 0.1) is 0 Å². The van der Waals surface area contributed by atoms with Gasteiger partial charge in [-0.15, -0.1) is 0 Å². The van der Waals surface area contributed by atoms with Gasteiger partial charge in [-0.2, -0.15) is 0 Å². The highest BCUT2D eigenvalue weighted by Crippen LogP contribution is 2.17. The Kier molecular flexibility index (Phi) is 4.09. The van der Waals surface area contributed by atoms with Crippen LogP contribution in [-0.2, 0) is 16.6 Å². The highest BCUT2D eigenvalue weighted by atomic mass is 32.2. The molecule has 0 saturated carbocycles. The molecule has 0 radical (unpaired) electrons. The van der Waals surface area contributed by atoms with Crippen molar-refractivity contribution >= 4 is 10.0 Å². The molecule has 0 atom stereocenters. The van der Waals surface area contributed by atoms with Crippen molar-refractivity contribution in [2.24, 2.45) is 5.14 Å². The van der Waals surface area contributed by atoms with Crippen molar-refractivity contribution in [3.05, 3.63) is 12.0 Å². The first-order valence-electron chi connectivity index (χ1n) is 5.46. The molecule has 1 aromatic rings. The maximum absolute atomic E-state index is 11.2. The van der Waals surface area contributed by atoms with E-state index in [1.54, 1.807) is 0 Å². The number of rotatable bonds is 5. The van der Waals surface area contributed by atoms with Gasteiger partial charge in [-0.3, -0.25) is 0 Å². The van der Waals surface area contributed by atoms with Gasteiger partial charge in [0.1, 0.15) is 5.82 Å².